The second kappa shape index (κ2) is 16.6. The topological polar surface area (TPSA) is 197 Å². The van der Waals surface area contributed by atoms with E-state index in [1.807, 2.05) is 32.6 Å². The molecule has 2 atom stereocenters. The molecular formula is C40H50FN13O5. The number of piperidine rings is 1. The first-order valence-corrected chi connectivity index (χ1v) is 20.3. The van der Waals surface area contributed by atoms with Crippen molar-refractivity contribution in [2.45, 2.75) is 38.6 Å². The number of imide groups is 1. The number of carbonyl (C=O) groups is 5. The molecule has 4 N–H and O–H groups in total. The molecule has 5 fully saturated rings. The number of benzene rings is 2. The molecule has 0 aliphatic carbocycles. The molecule has 7 amide bonds. The van der Waals surface area contributed by atoms with Crippen molar-refractivity contribution in [3.8, 4) is 0 Å². The molecule has 2 aromatic carbocycles. The minimum absolute atomic E-state index is 0.00207. The molecule has 8 rings (SSSR count). The number of halogens is 1. The molecule has 6 heterocycles. The average Bonchev–Trinajstić information content (AvgIpc) is 3.83. The Labute approximate surface area is 341 Å². The summed E-state index contributed by atoms with van der Waals surface area (Å²) in [5, 5.41) is 13.7. The van der Waals surface area contributed by atoms with Crippen LogP contribution in [0, 0.1) is 18.7 Å². The summed E-state index contributed by atoms with van der Waals surface area (Å²) >= 11 is 0. The lowest BCUT2D eigenvalue weighted by atomic mass is 10.0. The van der Waals surface area contributed by atoms with Gasteiger partial charge >= 0.3 is 12.1 Å². The molecule has 19 heteroatoms. The Hall–Kier alpha value is -6.11. The Morgan fingerprint density at radius 2 is 1.71 bits per heavy atom. The number of carbonyl (C=O) groups excluding carboxylic acids is 5. The van der Waals surface area contributed by atoms with Gasteiger partial charge in [-0.3, -0.25) is 29.5 Å². The molecule has 1 unspecified atom stereocenters. The van der Waals surface area contributed by atoms with Crippen LogP contribution in [0.25, 0.3) is 0 Å². The lowest BCUT2D eigenvalue weighted by molar-refractivity contribution is -0.120. The van der Waals surface area contributed by atoms with Crippen LogP contribution in [0.15, 0.2) is 36.4 Å². The van der Waals surface area contributed by atoms with Gasteiger partial charge in [0.25, 0.3) is 11.8 Å². The largest absolute Gasteiger partial charge is 0.367 e. The first-order chi connectivity index (χ1) is 28.4. The van der Waals surface area contributed by atoms with Gasteiger partial charge in [0.1, 0.15) is 5.82 Å². The van der Waals surface area contributed by atoms with E-state index in [4.69, 9.17) is 5.73 Å². The smallest absolute Gasteiger partial charge is 0.328 e. The van der Waals surface area contributed by atoms with Gasteiger partial charge in [-0.1, -0.05) is 6.07 Å². The number of hydrogen-bond acceptors (Lipinski definition) is 12. The third kappa shape index (κ3) is 8.41. The number of anilines is 5. The molecule has 5 aliphatic rings. The quantitative estimate of drug-likeness (QED) is 0.271. The fourth-order valence-electron chi connectivity index (χ4n) is 8.79. The van der Waals surface area contributed by atoms with Crippen LogP contribution >= 0.6 is 0 Å². The predicted molar refractivity (Wildman–Crippen MR) is 217 cm³/mol. The number of rotatable bonds is 10. The van der Waals surface area contributed by atoms with Gasteiger partial charge in [0.2, 0.25) is 11.9 Å². The highest BCUT2D eigenvalue weighted by molar-refractivity contribution is 6.06. The lowest BCUT2D eigenvalue weighted by Crippen LogP contribution is -2.49. The van der Waals surface area contributed by atoms with Crippen molar-refractivity contribution in [2.75, 3.05) is 106 Å². The number of hydrogen-bond donors (Lipinski definition) is 3. The first-order valence-electron chi connectivity index (χ1n) is 20.3. The second-order valence-corrected chi connectivity index (χ2v) is 16.1. The molecule has 5 saturated heterocycles. The summed E-state index contributed by atoms with van der Waals surface area (Å²) in [5.74, 6) is -0.973. The van der Waals surface area contributed by atoms with Crippen LogP contribution in [0.4, 0.5) is 42.8 Å². The number of aryl methyl sites for hydroxylation is 1. The SMILES string of the molecule is Cc1ccc(C(=O)N2CCC(CN3CCN(c4ccc(Nc5nc(N6CCC[C@@H](N7CCN(C)C7=O)C6)nnc5C(N)=O)cc4F)CC3)C2)cc1N1CCC(=O)NC1=O. The van der Waals surface area contributed by atoms with Gasteiger partial charge in [-0.25, -0.2) is 14.0 Å². The number of amides is 7. The maximum Gasteiger partial charge on any atom is 0.328 e. The number of nitrogens with one attached hydrogen (secondary N) is 2. The minimum atomic E-state index is -0.821. The lowest BCUT2D eigenvalue weighted by Gasteiger charge is -2.37. The maximum absolute atomic E-state index is 15.7. The molecule has 18 nitrogen and oxygen atoms in total. The van der Waals surface area contributed by atoms with Gasteiger partial charge in [0.15, 0.2) is 11.5 Å². The number of likely N-dealkylation sites (tertiary alicyclic amines) is 1. The number of urea groups is 2. The van der Waals surface area contributed by atoms with Gasteiger partial charge in [-0.2, -0.15) is 4.98 Å². The number of piperazine rings is 1. The summed E-state index contributed by atoms with van der Waals surface area (Å²) in [6, 6.07) is 9.69. The zero-order valence-corrected chi connectivity index (χ0v) is 33.4. The van der Waals surface area contributed by atoms with Crippen molar-refractivity contribution in [3.63, 3.8) is 0 Å². The zero-order valence-electron chi connectivity index (χ0n) is 33.4. The molecule has 0 bridgehead atoms. The van der Waals surface area contributed by atoms with Crippen molar-refractivity contribution in [2.24, 2.45) is 11.7 Å². The standard InChI is InChI=1S/C40H50FN13O5/c1-25-5-6-27(20-32(25)54-13-10-33(55)44-39(54)58)37(57)51-12-9-26(23-51)22-49-15-17-50(18-16-49)31-8-7-28(21-30(31)41)43-36-34(35(42)56)46-47-38(45-36)52-11-3-4-29(24-52)53-19-14-48(2)40(53)59/h5-8,20-21,26,29H,3-4,9-19,22-24H2,1-2H3,(H2,42,56)(H,43,45,47)(H,44,55,58)/t26?,29-/m1/s1. The molecule has 0 spiro atoms. The third-order valence-corrected chi connectivity index (χ3v) is 12.1. The van der Waals surface area contributed by atoms with Gasteiger partial charge in [-0.05, 0) is 68.0 Å². The predicted octanol–water partition coefficient (Wildman–Crippen LogP) is 2.23. The highest BCUT2D eigenvalue weighted by atomic mass is 19.1. The van der Waals surface area contributed by atoms with Crippen LogP contribution in [0.5, 0.6) is 0 Å². The van der Waals surface area contributed by atoms with Gasteiger partial charge < -0.3 is 35.6 Å². The van der Waals surface area contributed by atoms with Crippen molar-refractivity contribution in [1.82, 2.24) is 40.1 Å². The van der Waals surface area contributed by atoms with Crippen molar-refractivity contribution >= 4 is 58.6 Å². The van der Waals surface area contributed by atoms with Crippen LogP contribution in [0.3, 0.4) is 0 Å². The fraction of sp³-hybridized carbons (Fsp3) is 0.500. The van der Waals surface area contributed by atoms with Gasteiger partial charge in [0, 0.05) is 109 Å². The van der Waals surface area contributed by atoms with Crippen LogP contribution in [0.2, 0.25) is 0 Å². The number of primary amides is 1. The number of nitrogens with two attached hydrogens (primary N) is 1. The number of nitrogens with zero attached hydrogens (tertiary/aromatic N) is 10. The summed E-state index contributed by atoms with van der Waals surface area (Å²) in [6.45, 7) is 9.49. The van der Waals surface area contributed by atoms with E-state index >= 15 is 4.39 Å². The molecule has 1 aromatic heterocycles. The molecule has 59 heavy (non-hydrogen) atoms. The Bertz CT molecular complexity index is 2150. The Kier molecular flexibility index (Phi) is 11.2. The van der Waals surface area contributed by atoms with Crippen LogP contribution in [-0.2, 0) is 4.79 Å². The number of aromatic nitrogens is 3. The highest BCUT2D eigenvalue weighted by Gasteiger charge is 2.36. The first kappa shape index (κ1) is 39.7. The monoisotopic (exact) mass is 811 g/mol. The zero-order chi connectivity index (χ0) is 41.4. The van der Waals surface area contributed by atoms with Crippen molar-refractivity contribution in [3.05, 3.63) is 59.0 Å². The third-order valence-electron chi connectivity index (χ3n) is 12.1. The Balaban J connectivity index is 0.848. The maximum atomic E-state index is 15.7. The van der Waals surface area contributed by atoms with E-state index in [0.29, 0.717) is 86.8 Å². The summed E-state index contributed by atoms with van der Waals surface area (Å²) in [4.78, 5) is 80.6. The average molecular weight is 812 g/mol. The summed E-state index contributed by atoms with van der Waals surface area (Å²) in [6.07, 6.45) is 2.77. The van der Waals surface area contributed by atoms with E-state index in [0.717, 1.165) is 44.5 Å². The van der Waals surface area contributed by atoms with Crippen LogP contribution < -0.4 is 31.1 Å². The van der Waals surface area contributed by atoms with Crippen LogP contribution in [-0.4, -0.2) is 156 Å². The van der Waals surface area contributed by atoms with Gasteiger partial charge in [-0.15, -0.1) is 10.2 Å². The molecule has 5 aliphatic heterocycles. The molecule has 0 saturated carbocycles. The second-order valence-electron chi connectivity index (χ2n) is 16.1. The van der Waals surface area contributed by atoms with Crippen molar-refractivity contribution in [1.29, 1.82) is 0 Å². The van der Waals surface area contributed by atoms with E-state index in [-0.39, 0.29) is 48.4 Å². The Morgan fingerprint density at radius 3 is 2.44 bits per heavy atom. The number of likely N-dealkylation sites (N-methyl/N-ethyl adjacent to an activating group) is 1. The van der Waals surface area contributed by atoms with E-state index in [1.165, 1.54) is 11.0 Å². The molecule has 3 aromatic rings. The summed E-state index contributed by atoms with van der Waals surface area (Å²) < 4.78 is 15.7. The molecule has 312 valence electrons. The van der Waals surface area contributed by atoms with Crippen molar-refractivity contribution < 1.29 is 28.4 Å². The van der Waals surface area contributed by atoms with E-state index in [2.05, 4.69) is 30.7 Å². The Morgan fingerprint density at radius 1 is 0.898 bits per heavy atom. The van der Waals surface area contributed by atoms with Crippen LogP contribution in [0.1, 0.15) is 52.1 Å². The summed E-state index contributed by atoms with van der Waals surface area (Å²) in [7, 11) is 1.79. The van der Waals surface area contributed by atoms with E-state index in [9.17, 15) is 24.0 Å². The molecular weight excluding hydrogens is 762 g/mol. The van der Waals surface area contributed by atoms with E-state index < -0.39 is 17.8 Å². The highest BCUT2D eigenvalue weighted by Crippen LogP contribution is 2.30. The fourth-order valence-corrected chi connectivity index (χ4v) is 8.79. The normalized spacial score (nSPS) is 21.7. The van der Waals surface area contributed by atoms with Gasteiger partial charge in [0.05, 0.1) is 11.7 Å². The molecule has 0 radical (unpaired) electrons. The summed E-state index contributed by atoms with van der Waals surface area (Å²) in [5.41, 5.74) is 8.28. The van der Waals surface area contributed by atoms with E-state index in [1.54, 1.807) is 36.2 Å². The minimum Gasteiger partial charge on any atom is -0.367 e.